The van der Waals surface area contributed by atoms with Crippen LogP contribution >= 0.6 is 0 Å². The van der Waals surface area contributed by atoms with Crippen LogP contribution in [0.25, 0.3) is 0 Å². The van der Waals surface area contributed by atoms with E-state index in [1.54, 1.807) is 6.04 Å². The Balaban J connectivity index is -0.0000000227. The quantitative estimate of drug-likeness (QED) is 0.191. The van der Waals surface area contributed by atoms with Gasteiger partial charge in [-0.25, -0.2) is 0 Å². The van der Waals surface area contributed by atoms with Gasteiger partial charge in [0.25, 0.3) is 0 Å². The minimum atomic E-state index is -0.696. The van der Waals surface area contributed by atoms with Gasteiger partial charge in [0.1, 0.15) is 0 Å². The molecule has 14 radical (unpaired) electrons. The van der Waals surface area contributed by atoms with Crippen LogP contribution in [0.4, 0.5) is 0 Å². The summed E-state index contributed by atoms with van der Waals surface area (Å²) in [5.74, 6) is 1.01. The van der Waals surface area contributed by atoms with Gasteiger partial charge in [0, 0.05) is 296 Å². The Labute approximate surface area is 482 Å². The molecule has 0 aliphatic rings. The van der Waals surface area contributed by atoms with Gasteiger partial charge in [-0.1, -0.05) is 186 Å². The molecule has 45 heavy (non-hydrogen) atoms. The molecule has 0 aromatic rings. The molecule has 0 unspecified atom stereocenters. The summed E-state index contributed by atoms with van der Waals surface area (Å²) >= 11 is 0. The predicted molar refractivity (Wildman–Crippen MR) is 212 cm³/mol. The van der Waals surface area contributed by atoms with Gasteiger partial charge < -0.3 is 0 Å². The molecule has 256 valence electrons. The first-order valence-corrected chi connectivity index (χ1v) is 37.7. The van der Waals surface area contributed by atoms with E-state index >= 15 is 0 Å². The van der Waals surface area contributed by atoms with Gasteiger partial charge in [-0.3, -0.25) is 0 Å². The van der Waals surface area contributed by atoms with E-state index in [0.717, 1.165) is 5.92 Å². The standard InChI is InChI=1S/C8H23Si4.C8H20Si2.C7H17Si.C4H11Si.3CH4.7Y/c1-8-12(9(2)3,10(4)5)11(6)7;1-8(6-9(2)3)7-10(4)5;1-7(2,3)6-8(4)5;1-4-5(2)3;;;;;;;;;;/h8H2,1-7H3;8H,6-7H2,1-5H3;6H2,1-5H3;4H2,1-3H3;3*1H4;;;;;;;. The van der Waals surface area contributed by atoms with Crippen molar-refractivity contribution in [3.05, 3.63) is 0 Å². The summed E-state index contributed by atoms with van der Waals surface area (Å²) < 4.78 is 0. The zero-order chi connectivity index (χ0) is 29.2. The largest absolute Gasteiger partial charge is 0.0776 e. The Kier molecular flexibility index (Phi) is 122. The average Bonchev–Trinajstić information content (AvgIpc) is 2.59. The van der Waals surface area contributed by atoms with Gasteiger partial charge in [0.2, 0.25) is 0 Å². The van der Waals surface area contributed by atoms with Crippen LogP contribution < -0.4 is 0 Å². The second-order valence-corrected chi connectivity index (χ2v) is 54.9. The summed E-state index contributed by atoms with van der Waals surface area (Å²) in [5.41, 5.74) is 0.567. The predicted octanol–water partition coefficient (Wildman–Crippen LogP) is 12.5. The molecule has 0 heterocycles. The summed E-state index contributed by atoms with van der Waals surface area (Å²) in [6.45, 7) is 47.9. The van der Waals surface area contributed by atoms with Gasteiger partial charge >= 0.3 is 0 Å². The third-order valence-corrected chi connectivity index (χ3v) is 64.1. The first kappa shape index (κ1) is 95.1. The van der Waals surface area contributed by atoms with E-state index in [9.17, 15) is 0 Å². The smallest absolute Gasteiger partial charge is 0.0418 e. The maximum atomic E-state index is 2.58. The maximum absolute atomic E-state index is 2.58. The van der Waals surface area contributed by atoms with E-state index in [0.29, 0.717) is 5.41 Å². The third-order valence-electron chi connectivity index (χ3n) is 6.20. The summed E-state index contributed by atoms with van der Waals surface area (Å²) in [6.07, 6.45) is 0. The molecule has 0 aliphatic heterocycles. The summed E-state index contributed by atoms with van der Waals surface area (Å²) in [4.78, 5) is 0. The zero-order valence-corrected chi connectivity index (χ0v) is 60.5. The summed E-state index contributed by atoms with van der Waals surface area (Å²) in [5, 5.41) is 0. The average molecular weight is 1290 g/mol. The second-order valence-electron chi connectivity index (χ2n) is 13.7. The van der Waals surface area contributed by atoms with Crippen molar-refractivity contribution < 1.29 is 229 Å². The van der Waals surface area contributed by atoms with E-state index in [1.807, 2.05) is 0 Å². The van der Waals surface area contributed by atoms with Crippen molar-refractivity contribution in [2.45, 2.75) is 186 Å². The number of rotatable bonds is 10. The van der Waals surface area contributed by atoms with Crippen molar-refractivity contribution in [2.75, 3.05) is 0 Å². The number of hydrogen-bond donors (Lipinski definition) is 0. The molecule has 0 saturated heterocycles. The van der Waals surface area contributed by atoms with Crippen LogP contribution in [0.5, 0.6) is 0 Å². The fourth-order valence-electron chi connectivity index (χ4n) is 5.09. The van der Waals surface area contributed by atoms with Gasteiger partial charge in [-0.2, -0.15) is 0 Å². The molecule has 0 nitrogen and oxygen atoms in total. The molecule has 0 fully saturated rings. The minimum Gasteiger partial charge on any atom is -0.0776 e. The van der Waals surface area contributed by atoms with E-state index in [4.69, 9.17) is 0 Å². The third kappa shape index (κ3) is 68.5. The first-order valence-electron chi connectivity index (χ1n) is 14.2. The molecule has 0 aromatic heterocycles. The van der Waals surface area contributed by atoms with E-state index in [2.05, 4.69) is 133 Å². The Morgan fingerprint density at radius 1 is 0.467 bits per heavy atom. The van der Waals surface area contributed by atoms with Crippen molar-refractivity contribution in [1.29, 1.82) is 0 Å². The number of hydrogen-bond acceptors (Lipinski definition) is 0. The van der Waals surface area contributed by atoms with Crippen molar-refractivity contribution in [3.63, 3.8) is 0 Å². The van der Waals surface area contributed by atoms with Crippen molar-refractivity contribution in [1.82, 2.24) is 0 Å². The van der Waals surface area contributed by atoms with Crippen molar-refractivity contribution in [3.8, 4) is 0 Å². The summed E-state index contributed by atoms with van der Waals surface area (Å²) in [7, 11) is 0.351. The molecule has 0 aromatic carbocycles. The topological polar surface area (TPSA) is 0 Å². The Morgan fingerprint density at radius 2 is 0.689 bits per heavy atom. The van der Waals surface area contributed by atoms with E-state index < -0.39 is 6.63 Å². The first-order chi connectivity index (χ1) is 15.6. The molecule has 15 heteroatoms. The Morgan fingerprint density at radius 3 is 0.733 bits per heavy atom. The maximum Gasteiger partial charge on any atom is 0.0418 e. The fourth-order valence-corrected chi connectivity index (χ4v) is 58.1. The molecule has 0 spiro atoms. The molecule has 0 atom stereocenters. The van der Waals surface area contributed by atoms with Crippen LogP contribution in [-0.2, 0) is 229 Å². The zero-order valence-electron chi connectivity index (χ0n) is 32.7. The van der Waals surface area contributed by atoms with Gasteiger partial charge in [0.15, 0.2) is 0 Å². The Hall–Kier alpha value is 9.46. The van der Waals surface area contributed by atoms with Gasteiger partial charge in [0.05, 0.1) is 0 Å². The SMILES string of the molecule is C.C.C.CC(C[Si](C)C)C[Si](C)C.CC[Si](C)C.CC[Si]([Si](C)C)([Si](C)C)[Si](C)C.C[Si](C)CC(C)(C)C.[Y].[Y].[Y].[Y].[Y].[Y].[Y]. The molecular formula is C30H83Si8Y7. The van der Waals surface area contributed by atoms with Crippen molar-refractivity contribution >= 4 is 66.8 Å². The van der Waals surface area contributed by atoms with Crippen molar-refractivity contribution in [2.24, 2.45) is 11.3 Å². The van der Waals surface area contributed by atoms with Crippen LogP contribution in [0.15, 0.2) is 0 Å². The van der Waals surface area contributed by atoms with Crippen LogP contribution in [-0.4, -0.2) is 66.8 Å². The van der Waals surface area contributed by atoms with Gasteiger partial charge in [-0.15, -0.1) is 0 Å². The normalized spacial score (nSPS) is 9.60. The fraction of sp³-hybridized carbons (Fsp3) is 1.00. The monoisotopic (exact) mass is 1290 g/mol. The molecule has 0 aliphatic carbocycles. The van der Waals surface area contributed by atoms with Crippen LogP contribution in [0, 0.1) is 11.3 Å². The van der Waals surface area contributed by atoms with Crippen LogP contribution in [0.3, 0.4) is 0 Å². The molecular weight excluding hydrogens is 1210 g/mol. The summed E-state index contributed by atoms with van der Waals surface area (Å²) in [6, 6.07) is 7.44. The minimum absolute atomic E-state index is 0. The van der Waals surface area contributed by atoms with Crippen LogP contribution in [0.1, 0.15) is 63.8 Å². The molecule has 0 rings (SSSR count). The molecule has 0 bridgehead atoms. The molecule has 0 amide bonds. The van der Waals surface area contributed by atoms with E-state index in [1.165, 1.54) is 24.2 Å². The van der Waals surface area contributed by atoms with Gasteiger partial charge in [-0.05, 0) is 11.3 Å². The second kappa shape index (κ2) is 57.8. The molecule has 0 saturated carbocycles. The Bertz CT molecular complexity index is 438. The van der Waals surface area contributed by atoms with E-state index in [-0.39, 0.29) is 311 Å². The molecule has 0 N–H and O–H groups in total. The van der Waals surface area contributed by atoms with Crippen LogP contribution in [0.2, 0.25) is 122 Å².